The van der Waals surface area contributed by atoms with E-state index in [0.29, 0.717) is 17.9 Å². The van der Waals surface area contributed by atoms with Gasteiger partial charge in [0.2, 0.25) is 0 Å². The zero-order valence-electron chi connectivity index (χ0n) is 11.5. The fourth-order valence-corrected chi connectivity index (χ4v) is 3.69. The highest BCUT2D eigenvalue weighted by Gasteiger charge is 2.31. The third-order valence-corrected chi connectivity index (χ3v) is 4.83. The predicted octanol–water partition coefficient (Wildman–Crippen LogP) is 1.73. The molecule has 2 aromatic carbocycles. The zero-order valence-corrected chi connectivity index (χ0v) is 12.3. The minimum Gasteiger partial charge on any atom is -0.328 e. The van der Waals surface area contributed by atoms with Crippen LogP contribution in [0.25, 0.3) is 0 Å². The van der Waals surface area contributed by atoms with Gasteiger partial charge >= 0.3 is 0 Å². The van der Waals surface area contributed by atoms with Gasteiger partial charge in [-0.25, -0.2) is 0 Å². The highest BCUT2D eigenvalue weighted by atomic mass is 32.2. The van der Waals surface area contributed by atoms with Crippen LogP contribution in [0, 0.1) is 0 Å². The largest absolute Gasteiger partial charge is 0.328 e. The van der Waals surface area contributed by atoms with Crippen LogP contribution in [-0.4, -0.2) is 21.3 Å². The van der Waals surface area contributed by atoms with Gasteiger partial charge < -0.3 is 10.6 Å². The molecule has 1 heterocycles. The number of hydrogen-bond acceptors (Lipinski definition) is 4. The summed E-state index contributed by atoms with van der Waals surface area (Å²) in [5.41, 5.74) is 8.15. The molecular formula is C15H15N3O2S. The summed E-state index contributed by atoms with van der Waals surface area (Å²) in [5.74, 6) is 0.423. The molecule has 0 spiro atoms. The molecule has 2 aromatic rings. The number of benzene rings is 2. The Kier molecular flexibility index (Phi) is 3.27. The van der Waals surface area contributed by atoms with Gasteiger partial charge in [0.05, 0.1) is 0 Å². The van der Waals surface area contributed by atoms with Crippen molar-refractivity contribution >= 4 is 21.5 Å². The van der Waals surface area contributed by atoms with Gasteiger partial charge in [0, 0.05) is 24.8 Å². The predicted molar refractivity (Wildman–Crippen MR) is 82.9 cm³/mol. The van der Waals surface area contributed by atoms with E-state index < -0.39 is 10.0 Å². The Hall–Kier alpha value is -2.18. The maximum absolute atomic E-state index is 12.1. The van der Waals surface area contributed by atoms with E-state index >= 15 is 0 Å². The Morgan fingerprint density at radius 1 is 1.10 bits per heavy atom. The number of nitrogens with zero attached hydrogens (tertiary/aromatic N) is 2. The lowest BCUT2D eigenvalue weighted by atomic mass is 10.1. The van der Waals surface area contributed by atoms with Crippen LogP contribution in [0.3, 0.4) is 0 Å². The quantitative estimate of drug-likeness (QED) is 0.916. The molecule has 0 saturated carbocycles. The summed E-state index contributed by atoms with van der Waals surface area (Å²) in [5, 5.41) is 0. The Morgan fingerprint density at radius 3 is 2.52 bits per heavy atom. The number of anilines is 1. The van der Waals surface area contributed by atoms with Crippen LogP contribution < -0.4 is 10.6 Å². The van der Waals surface area contributed by atoms with Gasteiger partial charge in [-0.1, -0.05) is 30.3 Å². The number of rotatable bonds is 2. The smallest absolute Gasteiger partial charge is 0.285 e. The molecule has 0 amide bonds. The Morgan fingerprint density at radius 2 is 1.76 bits per heavy atom. The molecule has 0 aromatic heterocycles. The van der Waals surface area contributed by atoms with Crippen molar-refractivity contribution < 1.29 is 8.42 Å². The molecule has 0 saturated heterocycles. The van der Waals surface area contributed by atoms with Gasteiger partial charge in [0.15, 0.2) is 5.84 Å². The molecule has 21 heavy (non-hydrogen) atoms. The summed E-state index contributed by atoms with van der Waals surface area (Å²) in [6, 6.07) is 14.5. The maximum Gasteiger partial charge on any atom is 0.285 e. The summed E-state index contributed by atoms with van der Waals surface area (Å²) in [6.07, 6.45) is 0. The van der Waals surface area contributed by atoms with Gasteiger partial charge in [0.1, 0.15) is 4.90 Å². The van der Waals surface area contributed by atoms with Gasteiger partial charge in [-0.15, -0.1) is 4.40 Å². The van der Waals surface area contributed by atoms with Gasteiger partial charge in [0.25, 0.3) is 10.0 Å². The zero-order chi connectivity index (χ0) is 15.0. The van der Waals surface area contributed by atoms with Crippen molar-refractivity contribution in [2.75, 3.05) is 11.9 Å². The van der Waals surface area contributed by atoms with E-state index in [-0.39, 0.29) is 4.90 Å². The lowest BCUT2D eigenvalue weighted by Crippen LogP contribution is -2.27. The molecule has 1 aliphatic rings. The van der Waals surface area contributed by atoms with E-state index in [4.69, 9.17) is 5.73 Å². The number of amidine groups is 1. The van der Waals surface area contributed by atoms with E-state index in [1.54, 1.807) is 36.2 Å². The second-order valence-electron chi connectivity index (χ2n) is 4.78. The number of sulfonamides is 1. The molecule has 0 fully saturated rings. The van der Waals surface area contributed by atoms with Crippen LogP contribution in [0.5, 0.6) is 0 Å². The van der Waals surface area contributed by atoms with E-state index in [2.05, 4.69) is 4.40 Å². The highest BCUT2D eigenvalue weighted by molar-refractivity contribution is 7.90. The molecule has 0 unspecified atom stereocenters. The minimum absolute atomic E-state index is 0.247. The first-order chi connectivity index (χ1) is 10.0. The fourth-order valence-electron chi connectivity index (χ4n) is 2.46. The molecule has 108 valence electrons. The lowest BCUT2D eigenvalue weighted by Gasteiger charge is -2.21. The summed E-state index contributed by atoms with van der Waals surface area (Å²) < 4.78 is 28.1. The molecule has 0 radical (unpaired) electrons. The summed E-state index contributed by atoms with van der Waals surface area (Å²) >= 11 is 0. The van der Waals surface area contributed by atoms with Gasteiger partial charge in [-0.05, 0) is 23.8 Å². The third-order valence-electron chi connectivity index (χ3n) is 3.50. The van der Waals surface area contributed by atoms with E-state index in [9.17, 15) is 8.42 Å². The van der Waals surface area contributed by atoms with Gasteiger partial charge in [-0.3, -0.25) is 0 Å². The monoisotopic (exact) mass is 301 g/mol. The van der Waals surface area contributed by atoms with Crippen molar-refractivity contribution in [1.29, 1.82) is 0 Å². The summed E-state index contributed by atoms with van der Waals surface area (Å²) in [4.78, 5) is 2.02. The Bertz CT molecular complexity index is 828. The topological polar surface area (TPSA) is 75.8 Å². The molecule has 1 aliphatic heterocycles. The number of nitrogens with two attached hydrogens (primary N) is 1. The summed E-state index contributed by atoms with van der Waals surface area (Å²) in [6.45, 7) is 0.377. The minimum atomic E-state index is -3.61. The first kappa shape index (κ1) is 13.8. The van der Waals surface area contributed by atoms with Gasteiger partial charge in [-0.2, -0.15) is 8.42 Å². The average molecular weight is 301 g/mol. The number of para-hydroxylation sites is 1. The molecule has 0 bridgehead atoms. The molecular weight excluding hydrogens is 286 g/mol. The SMILES string of the molecule is CN(C1=NS(=O)(=O)c2ccccc21)c1ccccc1CN. The molecule has 6 heteroatoms. The second kappa shape index (κ2) is 4.98. The molecule has 5 nitrogen and oxygen atoms in total. The second-order valence-corrected chi connectivity index (χ2v) is 6.35. The third kappa shape index (κ3) is 2.22. The molecule has 0 aliphatic carbocycles. The Balaban J connectivity index is 2.14. The standard InChI is InChI=1S/C15H15N3O2S/c1-18(13-8-4-2-6-11(13)10-16)15-12-7-3-5-9-14(12)21(19,20)17-15/h2-9H,10,16H2,1H3. The maximum atomic E-state index is 12.1. The highest BCUT2D eigenvalue weighted by Crippen LogP contribution is 2.30. The van der Waals surface area contributed by atoms with E-state index in [1.807, 2.05) is 24.3 Å². The Labute approximate surface area is 123 Å². The van der Waals surface area contributed by atoms with Crippen molar-refractivity contribution in [1.82, 2.24) is 0 Å². The molecule has 3 rings (SSSR count). The first-order valence-corrected chi connectivity index (χ1v) is 7.94. The van der Waals surface area contributed by atoms with E-state index in [1.165, 1.54) is 0 Å². The first-order valence-electron chi connectivity index (χ1n) is 6.50. The lowest BCUT2D eigenvalue weighted by molar-refractivity contribution is 0.599. The van der Waals surface area contributed by atoms with Crippen molar-refractivity contribution in [3.8, 4) is 0 Å². The summed E-state index contributed by atoms with van der Waals surface area (Å²) in [7, 11) is -1.82. The van der Waals surface area contributed by atoms with Crippen LogP contribution in [0.4, 0.5) is 5.69 Å². The molecule has 0 atom stereocenters. The van der Waals surface area contributed by atoms with Crippen LogP contribution >= 0.6 is 0 Å². The van der Waals surface area contributed by atoms with Crippen LogP contribution in [0.15, 0.2) is 57.8 Å². The van der Waals surface area contributed by atoms with E-state index in [0.717, 1.165) is 11.3 Å². The van der Waals surface area contributed by atoms with Crippen molar-refractivity contribution in [3.63, 3.8) is 0 Å². The van der Waals surface area contributed by atoms with Crippen molar-refractivity contribution in [2.45, 2.75) is 11.4 Å². The number of hydrogen-bond donors (Lipinski definition) is 1. The van der Waals surface area contributed by atoms with Crippen LogP contribution in [-0.2, 0) is 16.6 Å². The van der Waals surface area contributed by atoms with Crippen molar-refractivity contribution in [2.24, 2.45) is 10.1 Å². The van der Waals surface area contributed by atoms with Crippen LogP contribution in [0.2, 0.25) is 0 Å². The van der Waals surface area contributed by atoms with Crippen molar-refractivity contribution in [3.05, 3.63) is 59.7 Å². The molecule has 2 N–H and O–H groups in total. The normalized spacial score (nSPS) is 15.4. The number of fused-ring (bicyclic) bond motifs is 1. The van der Waals surface area contributed by atoms with Crippen LogP contribution in [0.1, 0.15) is 11.1 Å². The fraction of sp³-hybridized carbons (Fsp3) is 0.133. The average Bonchev–Trinajstić information content (AvgIpc) is 2.79.